The number of benzene rings is 2. The number of halogens is 1. The van der Waals surface area contributed by atoms with Crippen LogP contribution in [0.15, 0.2) is 55.0 Å². The first-order valence-electron chi connectivity index (χ1n) is 23.7. The number of amides is 3. The van der Waals surface area contributed by atoms with Gasteiger partial charge in [-0.1, -0.05) is 59.1 Å². The molecule has 2 aromatic heterocycles. The lowest BCUT2D eigenvalue weighted by Crippen LogP contribution is -2.74. The van der Waals surface area contributed by atoms with Crippen LogP contribution in [0.1, 0.15) is 112 Å². The second-order valence-corrected chi connectivity index (χ2v) is 19.8. The summed E-state index contributed by atoms with van der Waals surface area (Å²) in [4.78, 5) is 64.5. The molecule has 2 saturated carbocycles. The zero-order valence-electron chi connectivity index (χ0n) is 40.0. The van der Waals surface area contributed by atoms with Crippen LogP contribution >= 0.6 is 11.6 Å². The molecule has 4 aromatic rings. The van der Waals surface area contributed by atoms with Crippen LogP contribution in [0.3, 0.4) is 0 Å². The Morgan fingerprint density at radius 2 is 1.66 bits per heavy atom. The van der Waals surface area contributed by atoms with E-state index in [2.05, 4.69) is 74.5 Å². The van der Waals surface area contributed by atoms with Gasteiger partial charge in [0.1, 0.15) is 35.4 Å². The van der Waals surface area contributed by atoms with Crippen LogP contribution in [0.4, 0.5) is 29.1 Å². The van der Waals surface area contributed by atoms with Gasteiger partial charge in [-0.15, -0.1) is 0 Å². The van der Waals surface area contributed by atoms with Crippen LogP contribution in [-0.4, -0.2) is 108 Å². The Labute approximate surface area is 403 Å². The Hall–Kier alpha value is -6.25. The van der Waals surface area contributed by atoms with Crippen molar-refractivity contribution in [1.29, 1.82) is 5.26 Å². The maximum absolute atomic E-state index is 13.4. The van der Waals surface area contributed by atoms with E-state index in [1.807, 2.05) is 6.92 Å². The molecule has 0 bridgehead atoms. The van der Waals surface area contributed by atoms with E-state index in [1.54, 1.807) is 74.0 Å². The number of rotatable bonds is 16. The number of likely N-dealkylation sites (N-methyl/N-ethyl adjacent to an activating group) is 1. The van der Waals surface area contributed by atoms with E-state index in [4.69, 9.17) is 30.8 Å². The van der Waals surface area contributed by atoms with Crippen molar-refractivity contribution in [1.82, 2.24) is 30.6 Å². The monoisotopic (exact) mass is 947 g/mol. The maximum atomic E-state index is 13.4. The SMILES string of the molecule is CC[C@@H]1C(=O)N(C)c2cnc(Nc3ccc(C(=O)NCCCOC4CCN(c5ncc(C(=O)NC6C(C)(C)C(Oc7ccc(C#N)c(Cl)c7)C6(C)C)cn5)CC4)cc3OC)nc2N1C1CCCC1. The number of nitrogens with one attached hydrogen (secondary N) is 3. The van der Waals surface area contributed by atoms with E-state index in [9.17, 15) is 19.6 Å². The number of fused-ring (bicyclic) bond motifs is 1. The van der Waals surface area contributed by atoms with Crippen molar-refractivity contribution in [3.05, 3.63) is 76.7 Å². The molecule has 1 saturated heterocycles. The summed E-state index contributed by atoms with van der Waals surface area (Å²) in [6.45, 7) is 12.7. The number of carbonyl (C=O) groups excluding carboxylic acids is 3. The zero-order chi connectivity index (χ0) is 48.3. The molecule has 4 heterocycles. The number of anilines is 5. The van der Waals surface area contributed by atoms with Gasteiger partial charge in [-0.3, -0.25) is 14.4 Å². The van der Waals surface area contributed by atoms with Crippen LogP contribution in [0.5, 0.6) is 11.5 Å². The molecule has 0 spiro atoms. The Balaban J connectivity index is 0.762. The highest BCUT2D eigenvalue weighted by atomic mass is 35.5. The van der Waals surface area contributed by atoms with Crippen molar-refractivity contribution in [2.75, 3.05) is 60.4 Å². The van der Waals surface area contributed by atoms with E-state index < -0.39 is 10.8 Å². The van der Waals surface area contributed by atoms with Gasteiger partial charge < -0.3 is 44.9 Å². The van der Waals surface area contributed by atoms with Crippen molar-refractivity contribution in [3.63, 3.8) is 0 Å². The molecule has 18 heteroatoms. The molecule has 2 aliphatic carbocycles. The third kappa shape index (κ3) is 9.71. The normalized spacial score (nSPS) is 21.1. The molecular weight excluding hydrogens is 886 g/mol. The second kappa shape index (κ2) is 20.1. The number of nitriles is 1. The number of piperidine rings is 1. The van der Waals surface area contributed by atoms with Crippen LogP contribution in [0, 0.1) is 22.2 Å². The molecule has 2 aliphatic heterocycles. The summed E-state index contributed by atoms with van der Waals surface area (Å²) in [5.41, 5.74) is 1.73. The third-order valence-electron chi connectivity index (χ3n) is 14.1. The van der Waals surface area contributed by atoms with Gasteiger partial charge in [-0.25, -0.2) is 15.0 Å². The molecule has 3 amide bonds. The lowest BCUT2D eigenvalue weighted by atomic mass is 9.49. The van der Waals surface area contributed by atoms with Crippen LogP contribution in [0.2, 0.25) is 5.02 Å². The predicted molar refractivity (Wildman–Crippen MR) is 260 cm³/mol. The van der Waals surface area contributed by atoms with Gasteiger partial charge in [0.2, 0.25) is 17.8 Å². The molecule has 3 fully saturated rings. The van der Waals surface area contributed by atoms with Crippen molar-refractivity contribution in [3.8, 4) is 17.6 Å². The molecule has 2 aromatic carbocycles. The van der Waals surface area contributed by atoms with E-state index >= 15 is 0 Å². The molecule has 360 valence electrons. The molecule has 68 heavy (non-hydrogen) atoms. The Morgan fingerprint density at radius 3 is 2.32 bits per heavy atom. The third-order valence-corrected chi connectivity index (χ3v) is 14.5. The molecule has 0 unspecified atom stereocenters. The van der Waals surface area contributed by atoms with Crippen molar-refractivity contribution >= 4 is 58.4 Å². The van der Waals surface area contributed by atoms with E-state index in [0.29, 0.717) is 95.6 Å². The number of aromatic nitrogens is 4. The average molecular weight is 949 g/mol. The van der Waals surface area contributed by atoms with Crippen LogP contribution < -0.4 is 40.1 Å². The van der Waals surface area contributed by atoms with E-state index in [0.717, 1.165) is 44.3 Å². The van der Waals surface area contributed by atoms with Gasteiger partial charge in [-0.05, 0) is 68.9 Å². The van der Waals surface area contributed by atoms with Gasteiger partial charge >= 0.3 is 0 Å². The van der Waals surface area contributed by atoms with Gasteiger partial charge in [-0.2, -0.15) is 10.2 Å². The fraction of sp³-hybridized carbons (Fsp3) is 0.520. The minimum atomic E-state index is -0.400. The topological polar surface area (TPSA) is 200 Å². The summed E-state index contributed by atoms with van der Waals surface area (Å²) in [6, 6.07) is 12.1. The van der Waals surface area contributed by atoms with Crippen molar-refractivity contribution in [2.24, 2.45) is 10.8 Å². The standard InChI is InChI=1S/C50H62ClN11O6/c1-8-38-44(65)60(6)39-29-54-47(58-41(39)62(38)33-12-9-10-13-33)57-37-17-15-30(24-40(37)66-7)42(63)53-20-11-23-67-34-18-21-61(22-19-34)48-55-27-32(28-56-48)43(64)59-45-49(2,3)46(50(45,4)5)68-35-16-14-31(26-52)36(51)25-35/h14-17,24-25,27-29,33-34,38,45-46H,8-13,18-23H2,1-7H3,(H,53,63)(H,59,64)(H,54,57,58)/t38-,45?,46?/m1/s1. The smallest absolute Gasteiger partial charge is 0.254 e. The summed E-state index contributed by atoms with van der Waals surface area (Å²) < 4.78 is 18.2. The molecule has 3 N–H and O–H groups in total. The van der Waals surface area contributed by atoms with Crippen LogP contribution in [-0.2, 0) is 9.53 Å². The Kier molecular flexibility index (Phi) is 14.3. The minimum absolute atomic E-state index is 0.0625. The highest BCUT2D eigenvalue weighted by Crippen LogP contribution is 2.55. The number of hydrogen-bond donors (Lipinski definition) is 3. The first kappa shape index (κ1) is 48.2. The maximum Gasteiger partial charge on any atom is 0.254 e. The molecule has 0 radical (unpaired) electrons. The molecule has 4 aliphatic rings. The molecule has 8 rings (SSSR count). The number of hydrogen-bond acceptors (Lipinski definition) is 14. The summed E-state index contributed by atoms with van der Waals surface area (Å²) in [5.74, 6) is 2.34. The molecule has 1 atom stereocenters. The molecule has 17 nitrogen and oxygen atoms in total. The summed E-state index contributed by atoms with van der Waals surface area (Å²) >= 11 is 6.25. The lowest BCUT2D eigenvalue weighted by molar-refractivity contribution is -0.164. The second-order valence-electron chi connectivity index (χ2n) is 19.3. The fourth-order valence-electron chi connectivity index (χ4n) is 10.8. The fourth-order valence-corrected chi connectivity index (χ4v) is 11.0. The number of nitrogens with zero attached hydrogens (tertiary/aromatic N) is 8. The van der Waals surface area contributed by atoms with Gasteiger partial charge in [0.15, 0.2) is 5.82 Å². The van der Waals surface area contributed by atoms with E-state index in [1.165, 1.54) is 0 Å². The number of carbonyl (C=O) groups is 3. The molecular formula is C50H62ClN11O6. The van der Waals surface area contributed by atoms with Gasteiger partial charge in [0, 0.05) is 80.2 Å². The van der Waals surface area contributed by atoms with Crippen molar-refractivity contribution < 1.29 is 28.6 Å². The quantitative estimate of drug-likeness (QED) is 0.0935. The van der Waals surface area contributed by atoms with E-state index in [-0.39, 0.29) is 48.1 Å². The van der Waals surface area contributed by atoms with Gasteiger partial charge in [0.05, 0.1) is 41.2 Å². The zero-order valence-corrected chi connectivity index (χ0v) is 40.7. The largest absolute Gasteiger partial charge is 0.495 e. The number of methoxy groups -OCH3 is 1. The average Bonchev–Trinajstić information content (AvgIpc) is 3.88. The Morgan fingerprint density at radius 1 is 0.941 bits per heavy atom. The van der Waals surface area contributed by atoms with Crippen molar-refractivity contribution in [2.45, 2.75) is 116 Å². The first-order chi connectivity index (χ1) is 32.6. The first-order valence-corrected chi connectivity index (χ1v) is 24.0. The Bertz CT molecular complexity index is 2520. The highest BCUT2D eigenvalue weighted by Gasteiger charge is 2.64. The minimum Gasteiger partial charge on any atom is -0.495 e. The van der Waals surface area contributed by atoms with Crippen LogP contribution in [0.25, 0.3) is 0 Å². The summed E-state index contributed by atoms with van der Waals surface area (Å²) in [5, 5.41) is 19.0. The van der Waals surface area contributed by atoms with Gasteiger partial charge in [0.25, 0.3) is 11.8 Å². The highest BCUT2D eigenvalue weighted by molar-refractivity contribution is 6.31. The lowest BCUT2D eigenvalue weighted by Gasteiger charge is -2.63. The predicted octanol–water partition coefficient (Wildman–Crippen LogP) is 7.47. The summed E-state index contributed by atoms with van der Waals surface area (Å²) in [6.07, 6.45) is 12.0. The summed E-state index contributed by atoms with van der Waals surface area (Å²) in [7, 11) is 3.34. The number of ether oxygens (including phenoxy) is 3.